The Balaban J connectivity index is 1.80. The van der Waals surface area contributed by atoms with E-state index in [4.69, 9.17) is 9.97 Å². The lowest BCUT2D eigenvalue weighted by molar-refractivity contribution is 0.700. The summed E-state index contributed by atoms with van der Waals surface area (Å²) in [5, 5.41) is 1.28. The maximum Gasteiger partial charge on any atom is 0.161 e. The second-order valence-electron chi connectivity index (χ2n) is 7.02. The highest BCUT2D eigenvalue weighted by molar-refractivity contribution is 7.19. The molecule has 0 amide bonds. The minimum Gasteiger partial charge on any atom is -0.227 e. The van der Waals surface area contributed by atoms with Gasteiger partial charge < -0.3 is 0 Å². The first-order valence-corrected chi connectivity index (χ1v) is 10.1. The number of aromatic nitrogens is 2. The summed E-state index contributed by atoms with van der Waals surface area (Å²) in [6, 6.07) is 19.1. The standard InChI is InChI=1S/C23H20N2S/c1-15-11-13-17(14-12-15)22-24-21(16-7-3-2-4-8-16)20-18-9-5-6-10-19(18)26-23(20)25-22/h2-4,7-8,11-14H,5-6,9-10H2,1H3. The predicted molar refractivity (Wildman–Crippen MR) is 110 cm³/mol. The van der Waals surface area contributed by atoms with Gasteiger partial charge in [-0.25, -0.2) is 9.97 Å². The Morgan fingerprint density at radius 3 is 2.38 bits per heavy atom. The summed E-state index contributed by atoms with van der Waals surface area (Å²) < 4.78 is 0. The number of rotatable bonds is 2. The van der Waals surface area contributed by atoms with Gasteiger partial charge in [0, 0.05) is 21.4 Å². The van der Waals surface area contributed by atoms with E-state index in [1.54, 1.807) is 0 Å². The number of thiophene rings is 1. The van der Waals surface area contributed by atoms with Gasteiger partial charge in [0.1, 0.15) is 4.83 Å². The largest absolute Gasteiger partial charge is 0.227 e. The Morgan fingerprint density at radius 1 is 0.808 bits per heavy atom. The zero-order valence-corrected chi connectivity index (χ0v) is 15.6. The van der Waals surface area contributed by atoms with Crippen molar-refractivity contribution in [3.63, 3.8) is 0 Å². The lowest BCUT2D eigenvalue weighted by Gasteiger charge is -2.12. The van der Waals surface area contributed by atoms with Crippen LogP contribution in [0, 0.1) is 6.92 Å². The molecular weight excluding hydrogens is 336 g/mol. The van der Waals surface area contributed by atoms with Crippen LogP contribution in [0.1, 0.15) is 28.8 Å². The van der Waals surface area contributed by atoms with Crippen molar-refractivity contribution < 1.29 is 0 Å². The highest BCUT2D eigenvalue weighted by atomic mass is 32.1. The molecule has 0 saturated carbocycles. The molecule has 26 heavy (non-hydrogen) atoms. The zero-order valence-electron chi connectivity index (χ0n) is 14.8. The zero-order chi connectivity index (χ0) is 17.5. The molecule has 0 aliphatic heterocycles. The molecule has 2 heterocycles. The molecule has 1 aliphatic rings. The normalized spacial score (nSPS) is 13.7. The van der Waals surface area contributed by atoms with Crippen LogP contribution < -0.4 is 0 Å². The fourth-order valence-corrected chi connectivity index (χ4v) is 5.06. The van der Waals surface area contributed by atoms with Gasteiger partial charge in [0.15, 0.2) is 5.82 Å². The summed E-state index contributed by atoms with van der Waals surface area (Å²) in [5.74, 6) is 0.829. The van der Waals surface area contributed by atoms with Crippen LogP contribution in [0.3, 0.4) is 0 Å². The van der Waals surface area contributed by atoms with E-state index in [1.807, 2.05) is 11.3 Å². The van der Waals surface area contributed by atoms with E-state index in [1.165, 1.54) is 46.2 Å². The van der Waals surface area contributed by atoms with Gasteiger partial charge in [0.2, 0.25) is 0 Å². The van der Waals surface area contributed by atoms with Gasteiger partial charge in [0.25, 0.3) is 0 Å². The van der Waals surface area contributed by atoms with Gasteiger partial charge in [0.05, 0.1) is 5.69 Å². The quantitative estimate of drug-likeness (QED) is 0.426. The number of hydrogen-bond donors (Lipinski definition) is 0. The Kier molecular flexibility index (Phi) is 3.83. The van der Waals surface area contributed by atoms with E-state index in [2.05, 4.69) is 61.5 Å². The molecule has 0 N–H and O–H groups in total. The van der Waals surface area contributed by atoms with Crippen LogP contribution in [0.25, 0.3) is 32.9 Å². The van der Waals surface area contributed by atoms with Crippen LogP contribution in [0.15, 0.2) is 54.6 Å². The van der Waals surface area contributed by atoms with Crippen molar-refractivity contribution in [2.75, 3.05) is 0 Å². The van der Waals surface area contributed by atoms with E-state index in [9.17, 15) is 0 Å². The maximum atomic E-state index is 5.05. The van der Waals surface area contributed by atoms with Gasteiger partial charge in [-0.1, -0.05) is 60.2 Å². The molecule has 128 valence electrons. The number of fused-ring (bicyclic) bond motifs is 3. The van der Waals surface area contributed by atoms with Crippen molar-refractivity contribution in [1.29, 1.82) is 0 Å². The lowest BCUT2D eigenvalue weighted by Crippen LogP contribution is -2.00. The van der Waals surface area contributed by atoms with Crippen LogP contribution in [-0.2, 0) is 12.8 Å². The maximum absolute atomic E-state index is 5.05. The van der Waals surface area contributed by atoms with E-state index in [0.29, 0.717) is 0 Å². The highest BCUT2D eigenvalue weighted by Crippen LogP contribution is 2.40. The van der Waals surface area contributed by atoms with E-state index in [-0.39, 0.29) is 0 Å². The number of hydrogen-bond acceptors (Lipinski definition) is 3. The van der Waals surface area contributed by atoms with Crippen LogP contribution in [0.2, 0.25) is 0 Å². The van der Waals surface area contributed by atoms with Crippen molar-refractivity contribution in [3.8, 4) is 22.6 Å². The number of benzene rings is 2. The fourth-order valence-electron chi connectivity index (χ4n) is 3.79. The molecule has 5 rings (SSSR count). The minimum absolute atomic E-state index is 0.829. The Hall–Kier alpha value is -2.52. The van der Waals surface area contributed by atoms with Crippen LogP contribution in [0.4, 0.5) is 0 Å². The first-order chi connectivity index (χ1) is 12.8. The molecular formula is C23H20N2S. The van der Waals surface area contributed by atoms with Crippen molar-refractivity contribution in [3.05, 3.63) is 70.6 Å². The lowest BCUT2D eigenvalue weighted by atomic mass is 9.95. The summed E-state index contributed by atoms with van der Waals surface area (Å²) in [6.45, 7) is 2.11. The third kappa shape index (κ3) is 2.63. The van der Waals surface area contributed by atoms with E-state index >= 15 is 0 Å². The summed E-state index contributed by atoms with van der Waals surface area (Å²) in [7, 11) is 0. The SMILES string of the molecule is Cc1ccc(-c2nc(-c3ccccc3)c3c4c(sc3n2)CCCC4)cc1. The first kappa shape index (κ1) is 15.7. The third-order valence-corrected chi connectivity index (χ3v) is 6.36. The second-order valence-corrected chi connectivity index (χ2v) is 8.10. The van der Waals surface area contributed by atoms with Crippen molar-refractivity contribution in [2.24, 2.45) is 0 Å². The smallest absolute Gasteiger partial charge is 0.161 e. The van der Waals surface area contributed by atoms with E-state index in [0.717, 1.165) is 28.3 Å². The van der Waals surface area contributed by atoms with Gasteiger partial charge in [-0.15, -0.1) is 11.3 Å². The minimum atomic E-state index is 0.829. The van der Waals surface area contributed by atoms with Crippen LogP contribution >= 0.6 is 11.3 Å². The summed E-state index contributed by atoms with van der Waals surface area (Å²) in [4.78, 5) is 12.7. The average Bonchev–Trinajstić information content (AvgIpc) is 3.07. The molecule has 0 unspecified atom stereocenters. The molecule has 2 nitrogen and oxygen atoms in total. The average molecular weight is 356 g/mol. The van der Waals surface area contributed by atoms with Gasteiger partial charge in [-0.2, -0.15) is 0 Å². The number of aryl methyl sites for hydroxylation is 3. The fraction of sp³-hybridized carbons (Fsp3) is 0.217. The predicted octanol–water partition coefficient (Wildman–Crippen LogP) is 6.21. The molecule has 2 aromatic carbocycles. The highest BCUT2D eigenvalue weighted by Gasteiger charge is 2.22. The molecule has 1 aliphatic carbocycles. The molecule has 0 spiro atoms. The topological polar surface area (TPSA) is 25.8 Å². The Bertz CT molecular complexity index is 1080. The van der Waals surface area contributed by atoms with Crippen molar-refractivity contribution >= 4 is 21.6 Å². The Morgan fingerprint density at radius 2 is 1.58 bits per heavy atom. The molecule has 4 aromatic rings. The third-order valence-electron chi connectivity index (χ3n) is 5.17. The Labute approximate surface area is 157 Å². The number of nitrogens with zero attached hydrogens (tertiary/aromatic N) is 2. The monoisotopic (exact) mass is 356 g/mol. The molecule has 0 fully saturated rings. The van der Waals surface area contributed by atoms with Crippen LogP contribution in [-0.4, -0.2) is 9.97 Å². The van der Waals surface area contributed by atoms with Gasteiger partial charge in [-0.05, 0) is 38.2 Å². The van der Waals surface area contributed by atoms with Gasteiger partial charge >= 0.3 is 0 Å². The van der Waals surface area contributed by atoms with Crippen LogP contribution in [0.5, 0.6) is 0 Å². The van der Waals surface area contributed by atoms with E-state index < -0.39 is 0 Å². The molecule has 0 saturated heterocycles. The molecule has 3 heteroatoms. The van der Waals surface area contributed by atoms with Crippen molar-refractivity contribution in [2.45, 2.75) is 32.6 Å². The molecule has 2 aromatic heterocycles. The summed E-state index contributed by atoms with van der Waals surface area (Å²) in [6.07, 6.45) is 4.90. The molecule has 0 radical (unpaired) electrons. The van der Waals surface area contributed by atoms with Crippen molar-refractivity contribution in [1.82, 2.24) is 9.97 Å². The van der Waals surface area contributed by atoms with Gasteiger partial charge in [-0.3, -0.25) is 0 Å². The molecule has 0 atom stereocenters. The first-order valence-electron chi connectivity index (χ1n) is 9.24. The summed E-state index contributed by atoms with van der Waals surface area (Å²) >= 11 is 1.87. The summed E-state index contributed by atoms with van der Waals surface area (Å²) in [5.41, 5.74) is 6.10. The molecule has 0 bridgehead atoms. The second kappa shape index (κ2) is 6.33.